The van der Waals surface area contributed by atoms with Crippen LogP contribution in [0.5, 0.6) is 0 Å². The third-order valence-electron chi connectivity index (χ3n) is 5.45. The van der Waals surface area contributed by atoms with Gasteiger partial charge in [-0.2, -0.15) is 0 Å². The van der Waals surface area contributed by atoms with Crippen molar-refractivity contribution in [3.8, 4) is 0 Å². The van der Waals surface area contributed by atoms with E-state index in [0.717, 1.165) is 10.4 Å². The fraction of sp³-hybridized carbons (Fsp3) is 0.435. The van der Waals surface area contributed by atoms with Crippen molar-refractivity contribution >= 4 is 39.3 Å². The summed E-state index contributed by atoms with van der Waals surface area (Å²) in [5, 5.41) is 6.89. The van der Waals surface area contributed by atoms with Crippen molar-refractivity contribution in [3.05, 3.63) is 50.8 Å². The number of nitrogens with zero attached hydrogens (tertiary/aromatic N) is 1. The van der Waals surface area contributed by atoms with Crippen LogP contribution in [0.3, 0.4) is 0 Å². The first-order valence-electron chi connectivity index (χ1n) is 10.5. The van der Waals surface area contributed by atoms with E-state index in [4.69, 9.17) is 9.15 Å². The number of rotatable bonds is 5. The van der Waals surface area contributed by atoms with Gasteiger partial charge in [-0.25, -0.2) is 9.59 Å². The highest BCUT2D eigenvalue weighted by Crippen LogP contribution is 2.45. The number of para-hydroxylation sites is 2. The molecular weight excluding hydrogens is 430 g/mol. The molecule has 3 heterocycles. The number of nitrogens with one attached hydrogen (secondary N) is 2. The van der Waals surface area contributed by atoms with E-state index < -0.39 is 17.6 Å². The topological polar surface area (TPSA) is 103 Å². The summed E-state index contributed by atoms with van der Waals surface area (Å²) < 4.78 is 11.8. The molecule has 0 radical (unpaired) electrons. The van der Waals surface area contributed by atoms with Gasteiger partial charge in [-0.3, -0.25) is 9.36 Å². The van der Waals surface area contributed by atoms with Crippen LogP contribution < -0.4 is 16.4 Å². The van der Waals surface area contributed by atoms with E-state index >= 15 is 0 Å². The molecule has 32 heavy (non-hydrogen) atoms. The SMILES string of the molecule is CCOC(=O)c1c(NC(=O)Cn2c(=O)oc3ccccc32)sc2c1CC(C)(C)NC2(C)C. The highest BCUT2D eigenvalue weighted by atomic mass is 32.1. The smallest absolute Gasteiger partial charge is 0.420 e. The van der Waals surface area contributed by atoms with Gasteiger partial charge in [0.1, 0.15) is 11.5 Å². The molecule has 0 atom stereocenters. The number of esters is 1. The second-order valence-electron chi connectivity index (χ2n) is 9.12. The molecule has 1 amide bonds. The maximum Gasteiger partial charge on any atom is 0.420 e. The van der Waals surface area contributed by atoms with E-state index in [2.05, 4.69) is 38.3 Å². The molecule has 170 valence electrons. The van der Waals surface area contributed by atoms with Crippen molar-refractivity contribution in [1.29, 1.82) is 0 Å². The Morgan fingerprint density at radius 2 is 1.97 bits per heavy atom. The maximum atomic E-state index is 12.9. The minimum absolute atomic E-state index is 0.228. The number of amides is 1. The number of fused-ring (bicyclic) bond motifs is 2. The normalized spacial score (nSPS) is 16.5. The number of thiophene rings is 1. The number of anilines is 1. The van der Waals surface area contributed by atoms with E-state index in [9.17, 15) is 14.4 Å². The summed E-state index contributed by atoms with van der Waals surface area (Å²) in [7, 11) is 0. The standard InChI is InChI=1S/C23H27N3O5S/c1-6-30-20(28)17-13-11-22(2,3)25-23(4,5)18(13)32-19(17)24-16(27)12-26-14-9-7-8-10-15(14)31-21(26)29/h7-10,25H,6,11-12H2,1-5H3,(H,24,27). The second-order valence-corrected chi connectivity index (χ2v) is 10.1. The average Bonchev–Trinajstić information content (AvgIpc) is 3.18. The molecule has 2 N–H and O–H groups in total. The number of aromatic nitrogens is 1. The van der Waals surface area contributed by atoms with Crippen LogP contribution in [0.15, 0.2) is 33.5 Å². The number of oxazole rings is 1. The summed E-state index contributed by atoms with van der Waals surface area (Å²) in [6, 6.07) is 6.93. The molecule has 1 aliphatic heterocycles. The maximum absolute atomic E-state index is 12.9. The van der Waals surface area contributed by atoms with Crippen molar-refractivity contribution in [3.63, 3.8) is 0 Å². The Morgan fingerprint density at radius 1 is 1.25 bits per heavy atom. The molecule has 0 unspecified atom stereocenters. The summed E-state index contributed by atoms with van der Waals surface area (Å²) in [5.41, 5.74) is 1.62. The second kappa shape index (κ2) is 7.90. The molecule has 1 aromatic carbocycles. The molecule has 0 spiro atoms. The Bertz CT molecular complexity index is 1260. The van der Waals surface area contributed by atoms with E-state index in [1.807, 2.05) is 0 Å². The van der Waals surface area contributed by atoms with Gasteiger partial charge >= 0.3 is 11.7 Å². The minimum Gasteiger partial charge on any atom is -0.462 e. The lowest BCUT2D eigenvalue weighted by atomic mass is 9.81. The van der Waals surface area contributed by atoms with E-state index in [-0.39, 0.29) is 24.2 Å². The van der Waals surface area contributed by atoms with E-state index in [1.54, 1.807) is 31.2 Å². The van der Waals surface area contributed by atoms with Crippen LogP contribution in [-0.4, -0.2) is 28.6 Å². The third-order valence-corrected chi connectivity index (χ3v) is 6.92. The molecule has 0 saturated carbocycles. The van der Waals surface area contributed by atoms with Gasteiger partial charge in [-0.1, -0.05) is 12.1 Å². The van der Waals surface area contributed by atoms with Crippen LogP contribution in [0.1, 0.15) is 55.4 Å². The van der Waals surface area contributed by atoms with Crippen molar-refractivity contribution in [2.45, 2.75) is 58.7 Å². The Kier molecular flexibility index (Phi) is 5.50. The van der Waals surface area contributed by atoms with Gasteiger partial charge in [0.05, 0.1) is 17.7 Å². The average molecular weight is 458 g/mol. The lowest BCUT2D eigenvalue weighted by Gasteiger charge is -2.42. The summed E-state index contributed by atoms with van der Waals surface area (Å²) >= 11 is 1.37. The van der Waals surface area contributed by atoms with Gasteiger partial charge < -0.3 is 19.8 Å². The van der Waals surface area contributed by atoms with E-state index in [1.165, 1.54) is 15.9 Å². The number of ether oxygens (including phenoxy) is 1. The summed E-state index contributed by atoms with van der Waals surface area (Å²) in [6.07, 6.45) is 0.623. The van der Waals surface area contributed by atoms with Crippen LogP contribution in [-0.2, 0) is 28.0 Å². The first kappa shape index (κ1) is 22.3. The van der Waals surface area contributed by atoms with Crippen LogP contribution in [0.25, 0.3) is 11.1 Å². The van der Waals surface area contributed by atoms with Gasteiger partial charge in [0.25, 0.3) is 0 Å². The predicted molar refractivity (Wildman–Crippen MR) is 123 cm³/mol. The van der Waals surface area contributed by atoms with Crippen molar-refractivity contribution in [2.75, 3.05) is 11.9 Å². The number of hydrogen-bond acceptors (Lipinski definition) is 7. The first-order valence-corrected chi connectivity index (χ1v) is 11.3. The number of hydrogen-bond donors (Lipinski definition) is 2. The highest BCUT2D eigenvalue weighted by Gasteiger charge is 2.42. The van der Waals surface area contributed by atoms with Gasteiger partial charge in [0.15, 0.2) is 5.58 Å². The van der Waals surface area contributed by atoms with Gasteiger partial charge in [0.2, 0.25) is 5.91 Å². The molecule has 9 heteroatoms. The molecule has 0 aliphatic carbocycles. The van der Waals surface area contributed by atoms with Crippen LogP contribution in [0.4, 0.5) is 5.00 Å². The number of carbonyl (C=O) groups excluding carboxylic acids is 2. The lowest BCUT2D eigenvalue weighted by molar-refractivity contribution is -0.116. The van der Waals surface area contributed by atoms with E-state index in [0.29, 0.717) is 28.1 Å². The fourth-order valence-corrected chi connectivity index (χ4v) is 5.79. The van der Waals surface area contributed by atoms with Gasteiger partial charge in [0, 0.05) is 16.0 Å². The molecule has 8 nitrogen and oxygen atoms in total. The highest BCUT2D eigenvalue weighted by molar-refractivity contribution is 7.17. The molecule has 3 aromatic rings. The minimum atomic E-state index is -0.607. The zero-order valence-corrected chi connectivity index (χ0v) is 19.6. The molecule has 0 saturated heterocycles. The van der Waals surface area contributed by atoms with Crippen LogP contribution >= 0.6 is 11.3 Å². The summed E-state index contributed by atoms with van der Waals surface area (Å²) in [5.74, 6) is -1.49. The number of benzene rings is 1. The Balaban J connectivity index is 1.71. The monoisotopic (exact) mass is 457 g/mol. The Hall–Kier alpha value is -2.91. The van der Waals surface area contributed by atoms with Crippen molar-refractivity contribution in [2.24, 2.45) is 0 Å². The Morgan fingerprint density at radius 3 is 2.69 bits per heavy atom. The first-order chi connectivity index (χ1) is 15.0. The quantitative estimate of drug-likeness (QED) is 0.567. The van der Waals surface area contributed by atoms with Gasteiger partial charge in [-0.15, -0.1) is 11.3 Å². The lowest BCUT2D eigenvalue weighted by Crippen LogP contribution is -2.55. The van der Waals surface area contributed by atoms with Crippen molar-refractivity contribution < 1.29 is 18.7 Å². The summed E-state index contributed by atoms with van der Waals surface area (Å²) in [6.45, 7) is 10.0. The zero-order valence-electron chi connectivity index (χ0n) is 18.8. The predicted octanol–water partition coefficient (Wildman–Crippen LogP) is 3.63. The molecule has 0 bridgehead atoms. The third kappa shape index (κ3) is 3.98. The molecule has 4 rings (SSSR count). The largest absolute Gasteiger partial charge is 0.462 e. The fourth-order valence-electron chi connectivity index (χ4n) is 4.51. The van der Waals surface area contributed by atoms with Gasteiger partial charge in [-0.05, 0) is 58.7 Å². The molecular formula is C23H27N3O5S. The zero-order chi connectivity index (χ0) is 23.3. The van der Waals surface area contributed by atoms with Crippen LogP contribution in [0.2, 0.25) is 0 Å². The Labute approximate surface area is 189 Å². The number of carbonyl (C=O) groups is 2. The van der Waals surface area contributed by atoms with Crippen molar-refractivity contribution in [1.82, 2.24) is 9.88 Å². The summed E-state index contributed by atoms with van der Waals surface area (Å²) in [4.78, 5) is 39.1. The molecule has 2 aromatic heterocycles. The molecule has 0 fully saturated rings. The van der Waals surface area contributed by atoms with Crippen LogP contribution in [0, 0.1) is 0 Å². The molecule has 1 aliphatic rings.